The summed E-state index contributed by atoms with van der Waals surface area (Å²) in [6.45, 7) is -0.427. The maximum Gasteiger partial charge on any atom is 0.338 e. The third kappa shape index (κ3) is 12.8. The molecule has 20 rings (SSSR count). The predicted molar refractivity (Wildman–Crippen MR) is 463 cm³/mol. The minimum absolute atomic E-state index is 0.0853. The molecule has 0 radical (unpaired) electrons. The molecule has 16 aromatic carbocycles. The molecule has 0 saturated carbocycles. The average molecular weight is 1470 g/mol. The number of aromatic nitrogens is 4. The van der Waals surface area contributed by atoms with Crippen molar-refractivity contribution in [2.45, 2.75) is 13.2 Å². The average Bonchev–Trinajstić information content (AvgIpc) is 0.821. The van der Waals surface area contributed by atoms with E-state index in [4.69, 9.17) is 24.4 Å². The summed E-state index contributed by atoms with van der Waals surface area (Å²) in [4.78, 5) is 50.5. The van der Waals surface area contributed by atoms with Crippen LogP contribution in [0.25, 0.3) is 117 Å². The molecule has 2 aliphatic heterocycles. The molecule has 0 fully saturated rings. The summed E-state index contributed by atoms with van der Waals surface area (Å²) in [5.41, 5.74) is 26.2. The number of carbonyl (C=O) groups is 2. The van der Waals surface area contributed by atoms with Gasteiger partial charge in [0.05, 0.1) is 27.8 Å². The second-order valence-corrected chi connectivity index (χ2v) is 28.8. The summed E-state index contributed by atoms with van der Waals surface area (Å²) in [6.07, 6.45) is 0. The van der Waals surface area contributed by atoms with Crippen molar-refractivity contribution in [1.82, 2.24) is 19.5 Å². The number of hydrogen-bond donors (Lipinski definition) is 0. The number of nitrogens with zero attached hydrogens (tertiary/aromatic N) is 6. The van der Waals surface area contributed by atoms with Crippen LogP contribution in [0.15, 0.2) is 394 Å². The molecule has 18 aromatic rings. The molecule has 2 aromatic heterocycles. The van der Waals surface area contributed by atoms with Gasteiger partial charge in [-0.15, -0.1) is 0 Å². The van der Waals surface area contributed by atoms with Crippen LogP contribution in [0, 0.1) is 0 Å². The van der Waals surface area contributed by atoms with Crippen molar-refractivity contribution in [3.05, 3.63) is 417 Å². The fourth-order valence-corrected chi connectivity index (χ4v) is 16.5. The molecule has 2 aliphatic rings. The smallest absolute Gasteiger partial charge is 0.338 e. The van der Waals surface area contributed by atoms with E-state index in [1.165, 1.54) is 0 Å². The molecule has 10 nitrogen and oxygen atoms in total. The predicted octanol–water partition coefficient (Wildman–Crippen LogP) is 23.1. The number of ether oxygens (including phenoxy) is 2. The normalized spacial score (nSPS) is 11.9. The molecule has 0 N–H and O–H groups in total. The second-order valence-electron chi connectivity index (χ2n) is 28.8. The van der Waals surface area contributed by atoms with Gasteiger partial charge in [-0.25, -0.2) is 24.5 Å². The largest absolute Gasteiger partial charge is 0.457 e. The zero-order valence-corrected chi connectivity index (χ0v) is 61.8. The van der Waals surface area contributed by atoms with Crippen LogP contribution in [-0.4, -0.2) is 38.2 Å². The van der Waals surface area contributed by atoms with Crippen molar-refractivity contribution in [2.75, 3.05) is 9.80 Å². The van der Waals surface area contributed by atoms with E-state index in [9.17, 15) is 0 Å². The number of fused-ring (bicyclic) bond motifs is 7. The van der Waals surface area contributed by atoms with Crippen LogP contribution in [0.5, 0.6) is 0 Å². The van der Waals surface area contributed by atoms with Crippen LogP contribution < -0.4 is 26.2 Å². The summed E-state index contributed by atoms with van der Waals surface area (Å²) in [7, 11) is 0. The molecular weight excluding hydrogens is 1400 g/mol. The quantitative estimate of drug-likeness (QED) is 0.0651. The fraction of sp³-hybridized carbons (Fsp3) is 0.0194. The highest BCUT2D eigenvalue weighted by molar-refractivity contribution is 7.00. The molecule has 0 aliphatic carbocycles. The van der Waals surface area contributed by atoms with Crippen LogP contribution in [0.4, 0.5) is 34.1 Å². The van der Waals surface area contributed by atoms with Crippen molar-refractivity contribution >= 4 is 91.0 Å². The van der Waals surface area contributed by atoms with Gasteiger partial charge in [0, 0.05) is 61.6 Å². The van der Waals surface area contributed by atoms with Gasteiger partial charge in [0.1, 0.15) is 13.2 Å². The highest BCUT2D eigenvalue weighted by atomic mass is 16.5. The molecule has 0 bridgehead atoms. The second kappa shape index (κ2) is 29.4. The Labute approximate surface area is 660 Å². The molecule has 11 heteroatoms. The lowest BCUT2D eigenvalue weighted by Crippen LogP contribution is -2.61. The Bertz CT molecular complexity index is 6280. The summed E-state index contributed by atoms with van der Waals surface area (Å²) in [5, 5.41) is 2.11. The van der Waals surface area contributed by atoms with Crippen LogP contribution >= 0.6 is 0 Å². The van der Waals surface area contributed by atoms with Gasteiger partial charge in [-0.2, -0.15) is 0 Å². The molecule has 4 heterocycles. The van der Waals surface area contributed by atoms with E-state index in [-0.39, 0.29) is 13.2 Å². The molecule has 0 saturated heterocycles. The lowest BCUT2D eigenvalue weighted by molar-refractivity contribution is 0.0464. The first kappa shape index (κ1) is 68.2. The lowest BCUT2D eigenvalue weighted by Gasteiger charge is -2.45. The number of anilines is 6. The number of carbonyl (C=O) groups excluding carboxylic acids is 2. The molecule has 0 amide bonds. The standard InChI is InChI=1S/C103H69BN6O4/c111-102(113-66-68-29-9-1-10-30-68)77-50-53-94-89(62-77)104-90-63-78(103(112)114-67-69-31-11-2-12-32-69)51-54-95(90)109(85-59-81(72-37-17-5-18-38-72)56-82(60-85)73-39-19-6-20-40-73)97-65-83(64-96(98(97)104)108(94)84-57-79(70-33-13-3-14-34-70)55-80(58-84)71-35-15-4-16-36-71)76-49-52-93-88(61-76)86-45-25-27-47-91(86)110(93)92-48-28-26-46-87(92)101-106-99(74-41-21-7-22-42-74)105-100(107-101)75-43-23-8-24-44-75/h1-65H,66-67H2. The highest BCUT2D eigenvalue weighted by Gasteiger charge is 2.45. The number of hydrogen-bond acceptors (Lipinski definition) is 9. The first-order chi connectivity index (χ1) is 56.3. The number of benzene rings is 16. The molecule has 114 heavy (non-hydrogen) atoms. The zero-order valence-electron chi connectivity index (χ0n) is 61.8. The SMILES string of the molecule is O=C(OCc1ccccc1)c1ccc2c(c1)B1c3cc(C(=O)OCc4ccccc4)ccc3N(c3cc(-c4ccccc4)cc(-c4ccccc4)c3)c3cc(-c4ccc5c(c4)c4ccccc4n5-c4ccccc4-c4nc(-c5ccccc5)nc(-c5ccccc5)n4)cc(c31)N2c1cc(-c2ccccc2)cc(-c2ccccc2)c1. The molecular formula is C103H69BN6O4. The molecule has 0 unspecified atom stereocenters. The Hall–Kier alpha value is -15.1. The Morgan fingerprint density at radius 3 is 1.09 bits per heavy atom. The number of rotatable bonds is 17. The van der Waals surface area contributed by atoms with Gasteiger partial charge < -0.3 is 23.8 Å². The Kier molecular flexibility index (Phi) is 17.6. The van der Waals surface area contributed by atoms with Gasteiger partial charge in [0.2, 0.25) is 0 Å². The van der Waals surface area contributed by atoms with Crippen LogP contribution in [-0.2, 0) is 22.7 Å². The lowest BCUT2D eigenvalue weighted by atomic mass is 9.33. The van der Waals surface area contributed by atoms with Crippen molar-refractivity contribution in [1.29, 1.82) is 0 Å². The van der Waals surface area contributed by atoms with E-state index in [0.29, 0.717) is 28.6 Å². The first-order valence-electron chi connectivity index (χ1n) is 38.3. The van der Waals surface area contributed by atoms with E-state index in [2.05, 4.69) is 263 Å². The molecule has 0 atom stereocenters. The van der Waals surface area contributed by atoms with Gasteiger partial charge in [-0.1, -0.05) is 291 Å². The van der Waals surface area contributed by atoms with Crippen LogP contribution in [0.2, 0.25) is 0 Å². The Balaban J connectivity index is 0.855. The van der Waals surface area contributed by atoms with E-state index >= 15 is 9.59 Å². The van der Waals surface area contributed by atoms with E-state index in [0.717, 1.165) is 161 Å². The van der Waals surface area contributed by atoms with Crippen molar-refractivity contribution < 1.29 is 19.1 Å². The summed E-state index contributed by atoms with van der Waals surface area (Å²) in [5.74, 6) is 0.779. The van der Waals surface area contributed by atoms with E-state index in [1.807, 2.05) is 146 Å². The van der Waals surface area contributed by atoms with Gasteiger partial charge in [-0.05, 0) is 186 Å². The van der Waals surface area contributed by atoms with E-state index < -0.39 is 18.7 Å². The van der Waals surface area contributed by atoms with Gasteiger partial charge in [-0.3, -0.25) is 0 Å². The van der Waals surface area contributed by atoms with Crippen molar-refractivity contribution in [3.8, 4) is 95.5 Å². The minimum Gasteiger partial charge on any atom is -0.457 e. The zero-order chi connectivity index (χ0) is 76.0. The van der Waals surface area contributed by atoms with Gasteiger partial charge in [0.25, 0.3) is 6.71 Å². The first-order valence-corrected chi connectivity index (χ1v) is 38.3. The monoisotopic (exact) mass is 1460 g/mol. The number of para-hydroxylation sites is 2. The van der Waals surface area contributed by atoms with Crippen LogP contribution in [0.3, 0.4) is 0 Å². The third-order valence-electron chi connectivity index (χ3n) is 21.8. The Morgan fingerprint density at radius 2 is 0.640 bits per heavy atom. The minimum atomic E-state index is -0.598. The summed E-state index contributed by atoms with van der Waals surface area (Å²) in [6, 6.07) is 136. The van der Waals surface area contributed by atoms with Crippen molar-refractivity contribution in [2.24, 2.45) is 0 Å². The third-order valence-corrected chi connectivity index (χ3v) is 21.8. The maximum absolute atomic E-state index is 15.0. The van der Waals surface area contributed by atoms with Crippen molar-refractivity contribution in [3.63, 3.8) is 0 Å². The Morgan fingerprint density at radius 1 is 0.272 bits per heavy atom. The topological polar surface area (TPSA) is 103 Å². The fourth-order valence-electron chi connectivity index (χ4n) is 16.5. The summed E-state index contributed by atoms with van der Waals surface area (Å²) >= 11 is 0. The molecule has 538 valence electrons. The van der Waals surface area contributed by atoms with Gasteiger partial charge in [0.15, 0.2) is 17.5 Å². The summed E-state index contributed by atoms with van der Waals surface area (Å²) < 4.78 is 14.9. The van der Waals surface area contributed by atoms with E-state index in [1.54, 1.807) is 0 Å². The van der Waals surface area contributed by atoms with Gasteiger partial charge >= 0.3 is 11.9 Å². The van der Waals surface area contributed by atoms with Crippen LogP contribution in [0.1, 0.15) is 31.8 Å². The number of esters is 2. The maximum atomic E-state index is 15.0. The highest BCUT2D eigenvalue weighted by Crippen LogP contribution is 2.50. The molecule has 0 spiro atoms.